The molecule has 1 aromatic carbocycles. The van der Waals surface area contributed by atoms with Crippen LogP contribution in [0.2, 0.25) is 0 Å². The molecule has 1 aliphatic rings. The van der Waals surface area contributed by atoms with Crippen molar-refractivity contribution in [2.45, 2.75) is 25.3 Å². The van der Waals surface area contributed by atoms with Crippen LogP contribution in [0.1, 0.15) is 24.1 Å². The molecule has 2 N–H and O–H groups in total. The number of halogens is 1. The van der Waals surface area contributed by atoms with Crippen LogP contribution < -0.4 is 10.6 Å². The molecule has 4 nitrogen and oxygen atoms in total. The molecule has 1 aromatic heterocycles. The van der Waals surface area contributed by atoms with Crippen LogP contribution >= 0.6 is 0 Å². The highest BCUT2D eigenvalue weighted by atomic mass is 19.1. The van der Waals surface area contributed by atoms with Gasteiger partial charge in [0.25, 0.3) is 0 Å². The van der Waals surface area contributed by atoms with Crippen LogP contribution in [0.3, 0.4) is 0 Å². The maximum atomic E-state index is 13.7. The van der Waals surface area contributed by atoms with E-state index in [1.165, 1.54) is 6.07 Å². The molecule has 0 saturated carbocycles. The first-order chi connectivity index (χ1) is 10.2. The van der Waals surface area contributed by atoms with E-state index in [2.05, 4.69) is 14.9 Å². The van der Waals surface area contributed by atoms with Crippen molar-refractivity contribution >= 4 is 5.95 Å². The van der Waals surface area contributed by atoms with Crippen molar-refractivity contribution in [3.8, 4) is 0 Å². The van der Waals surface area contributed by atoms with Crippen LogP contribution in [0.15, 0.2) is 36.5 Å². The summed E-state index contributed by atoms with van der Waals surface area (Å²) in [5.74, 6) is 0.525. The van der Waals surface area contributed by atoms with Gasteiger partial charge in [0.2, 0.25) is 5.95 Å². The van der Waals surface area contributed by atoms with Gasteiger partial charge in [-0.25, -0.2) is 14.4 Å². The van der Waals surface area contributed by atoms with Crippen LogP contribution in [-0.4, -0.2) is 29.1 Å². The highest BCUT2D eigenvalue weighted by Crippen LogP contribution is 2.17. The molecule has 0 aliphatic carbocycles. The molecule has 21 heavy (non-hydrogen) atoms. The molecule has 0 atom stereocenters. The zero-order chi connectivity index (χ0) is 14.7. The molecule has 0 unspecified atom stereocenters. The molecule has 0 amide bonds. The summed E-state index contributed by atoms with van der Waals surface area (Å²) in [6.07, 6.45) is 4.14. The number of piperidine rings is 1. The average molecular weight is 286 g/mol. The minimum absolute atomic E-state index is 0.193. The summed E-state index contributed by atoms with van der Waals surface area (Å²) < 4.78 is 13.7. The molecule has 0 radical (unpaired) electrons. The van der Waals surface area contributed by atoms with Gasteiger partial charge in [0.15, 0.2) is 0 Å². The summed E-state index contributed by atoms with van der Waals surface area (Å²) in [7, 11) is 0. The van der Waals surface area contributed by atoms with Gasteiger partial charge >= 0.3 is 0 Å². The van der Waals surface area contributed by atoms with Crippen molar-refractivity contribution in [1.82, 2.24) is 9.97 Å². The molecular weight excluding hydrogens is 267 g/mol. The third-order valence-corrected chi connectivity index (χ3v) is 3.85. The lowest BCUT2D eigenvalue weighted by Crippen LogP contribution is -2.40. The highest BCUT2D eigenvalue weighted by molar-refractivity contribution is 5.33. The Kier molecular flexibility index (Phi) is 4.10. The minimum Gasteiger partial charge on any atom is -0.341 e. The Labute approximate surface area is 123 Å². The Morgan fingerprint density at radius 2 is 1.95 bits per heavy atom. The molecular formula is C16H19FN4. The third-order valence-electron chi connectivity index (χ3n) is 3.85. The minimum atomic E-state index is -0.193. The Bertz CT molecular complexity index is 609. The van der Waals surface area contributed by atoms with E-state index in [4.69, 9.17) is 5.73 Å². The lowest BCUT2D eigenvalue weighted by atomic mass is 10.1. The third kappa shape index (κ3) is 3.36. The van der Waals surface area contributed by atoms with Gasteiger partial charge in [0.05, 0.1) is 5.69 Å². The van der Waals surface area contributed by atoms with Crippen LogP contribution in [0.25, 0.3) is 0 Å². The molecule has 0 spiro atoms. The second-order valence-corrected chi connectivity index (χ2v) is 5.44. The molecule has 1 saturated heterocycles. The quantitative estimate of drug-likeness (QED) is 0.939. The zero-order valence-corrected chi connectivity index (χ0v) is 11.9. The number of aromatic nitrogens is 2. The van der Waals surface area contributed by atoms with E-state index >= 15 is 0 Å². The number of benzene rings is 1. The molecule has 1 fully saturated rings. The summed E-state index contributed by atoms with van der Waals surface area (Å²) in [6.45, 7) is 1.76. The van der Waals surface area contributed by atoms with Gasteiger partial charge < -0.3 is 10.6 Å². The molecule has 1 aliphatic heterocycles. The van der Waals surface area contributed by atoms with Crippen molar-refractivity contribution < 1.29 is 4.39 Å². The predicted molar refractivity (Wildman–Crippen MR) is 80.7 cm³/mol. The summed E-state index contributed by atoms with van der Waals surface area (Å²) in [4.78, 5) is 11.0. The van der Waals surface area contributed by atoms with Gasteiger partial charge in [-0.05, 0) is 30.5 Å². The number of nitrogens with zero attached hydrogens (tertiary/aromatic N) is 3. The van der Waals surface area contributed by atoms with Gasteiger partial charge in [0, 0.05) is 31.7 Å². The number of rotatable bonds is 3. The van der Waals surface area contributed by atoms with E-state index in [0.717, 1.165) is 37.6 Å². The van der Waals surface area contributed by atoms with E-state index in [9.17, 15) is 4.39 Å². The van der Waals surface area contributed by atoms with Crippen molar-refractivity contribution in [1.29, 1.82) is 0 Å². The molecule has 0 bridgehead atoms. The van der Waals surface area contributed by atoms with Crippen LogP contribution in [0, 0.1) is 5.82 Å². The lowest BCUT2D eigenvalue weighted by Gasteiger charge is -2.30. The fraction of sp³-hybridized carbons (Fsp3) is 0.375. The average Bonchev–Trinajstić information content (AvgIpc) is 2.51. The number of nitrogens with two attached hydrogens (primary N) is 1. The van der Waals surface area contributed by atoms with E-state index in [1.54, 1.807) is 18.3 Å². The van der Waals surface area contributed by atoms with Gasteiger partial charge in [-0.15, -0.1) is 0 Å². The Morgan fingerprint density at radius 1 is 1.19 bits per heavy atom. The largest absolute Gasteiger partial charge is 0.341 e. The molecule has 2 heterocycles. The zero-order valence-electron chi connectivity index (χ0n) is 11.9. The molecule has 5 heteroatoms. The van der Waals surface area contributed by atoms with Gasteiger partial charge in [-0.3, -0.25) is 0 Å². The van der Waals surface area contributed by atoms with Crippen molar-refractivity contribution in [3.05, 3.63) is 53.6 Å². The fourth-order valence-electron chi connectivity index (χ4n) is 2.57. The molecule has 3 rings (SSSR count). The van der Waals surface area contributed by atoms with Crippen LogP contribution in [0.5, 0.6) is 0 Å². The summed E-state index contributed by atoms with van der Waals surface area (Å²) in [5, 5.41) is 0. The standard InChI is InChI=1S/C16H19FN4/c17-15-4-2-1-3-12(15)11-14-5-8-19-16(20-14)21-9-6-13(18)7-10-21/h1-5,8,13H,6-7,9-11,18H2. The first-order valence-corrected chi connectivity index (χ1v) is 7.28. The SMILES string of the molecule is NC1CCN(c2nccc(Cc3ccccc3F)n2)CC1. The van der Waals surface area contributed by atoms with E-state index in [1.807, 2.05) is 12.1 Å². The van der Waals surface area contributed by atoms with Crippen molar-refractivity contribution in [2.75, 3.05) is 18.0 Å². The van der Waals surface area contributed by atoms with Gasteiger partial charge in [0.1, 0.15) is 5.82 Å². The first kappa shape index (κ1) is 13.9. The van der Waals surface area contributed by atoms with Crippen molar-refractivity contribution in [3.63, 3.8) is 0 Å². The smallest absolute Gasteiger partial charge is 0.225 e. The summed E-state index contributed by atoms with van der Waals surface area (Å²) in [6, 6.07) is 8.92. The first-order valence-electron chi connectivity index (χ1n) is 7.28. The van der Waals surface area contributed by atoms with E-state index in [0.29, 0.717) is 12.0 Å². The Morgan fingerprint density at radius 3 is 2.71 bits per heavy atom. The molecule has 110 valence electrons. The highest BCUT2D eigenvalue weighted by Gasteiger charge is 2.18. The van der Waals surface area contributed by atoms with E-state index in [-0.39, 0.29) is 11.9 Å². The van der Waals surface area contributed by atoms with Gasteiger partial charge in [-0.1, -0.05) is 18.2 Å². The van der Waals surface area contributed by atoms with Crippen LogP contribution in [-0.2, 0) is 6.42 Å². The molecule has 2 aromatic rings. The second-order valence-electron chi connectivity index (χ2n) is 5.44. The lowest BCUT2D eigenvalue weighted by molar-refractivity contribution is 0.495. The normalized spacial score (nSPS) is 16.2. The topological polar surface area (TPSA) is 55.0 Å². The van der Waals surface area contributed by atoms with Crippen molar-refractivity contribution in [2.24, 2.45) is 5.73 Å². The monoisotopic (exact) mass is 286 g/mol. The Balaban J connectivity index is 1.76. The number of hydrogen-bond donors (Lipinski definition) is 1. The summed E-state index contributed by atoms with van der Waals surface area (Å²) in [5.41, 5.74) is 7.40. The number of hydrogen-bond acceptors (Lipinski definition) is 4. The Hall–Kier alpha value is -2.01. The predicted octanol–water partition coefficient (Wildman–Crippen LogP) is 2.13. The summed E-state index contributed by atoms with van der Waals surface area (Å²) >= 11 is 0. The van der Waals surface area contributed by atoms with Crippen LogP contribution in [0.4, 0.5) is 10.3 Å². The maximum absolute atomic E-state index is 13.7. The van der Waals surface area contributed by atoms with E-state index < -0.39 is 0 Å². The second kappa shape index (κ2) is 6.18. The maximum Gasteiger partial charge on any atom is 0.225 e. The number of anilines is 1. The van der Waals surface area contributed by atoms with Gasteiger partial charge in [-0.2, -0.15) is 0 Å². The fourth-order valence-corrected chi connectivity index (χ4v) is 2.57.